The minimum Gasteiger partial charge on any atom is -0.349 e. The standard InChI is InChI=1S/C19H18ClN3O2/c1-11(21)18(24)23-17-7-6-14(20)10-16(17)19(25)22-15-8-12-4-2-3-5-13(12)9-15/h2-7,10,15,21H,8-9H2,1H3,(H,22,25)(H,23,24). The molecule has 3 rings (SSSR count). The Morgan fingerprint density at radius 1 is 1.12 bits per heavy atom. The fourth-order valence-electron chi connectivity index (χ4n) is 2.95. The van der Waals surface area contributed by atoms with E-state index in [4.69, 9.17) is 17.0 Å². The summed E-state index contributed by atoms with van der Waals surface area (Å²) in [5.74, 6) is -0.845. The van der Waals surface area contributed by atoms with Crippen molar-refractivity contribution in [2.75, 3.05) is 5.32 Å². The molecule has 0 unspecified atom stereocenters. The zero-order chi connectivity index (χ0) is 18.0. The van der Waals surface area contributed by atoms with Crippen LogP contribution in [0.3, 0.4) is 0 Å². The summed E-state index contributed by atoms with van der Waals surface area (Å²) in [5.41, 5.74) is 2.98. The lowest BCUT2D eigenvalue weighted by atomic mass is 10.1. The van der Waals surface area contributed by atoms with Gasteiger partial charge in [-0.05, 0) is 49.1 Å². The fourth-order valence-corrected chi connectivity index (χ4v) is 3.13. The van der Waals surface area contributed by atoms with Crippen LogP contribution in [-0.4, -0.2) is 23.6 Å². The van der Waals surface area contributed by atoms with Crippen LogP contribution in [0.15, 0.2) is 42.5 Å². The maximum Gasteiger partial charge on any atom is 0.269 e. The van der Waals surface area contributed by atoms with Crippen LogP contribution in [0.25, 0.3) is 0 Å². The van der Waals surface area contributed by atoms with E-state index in [1.165, 1.54) is 24.1 Å². The van der Waals surface area contributed by atoms with E-state index < -0.39 is 5.91 Å². The van der Waals surface area contributed by atoms with E-state index in [-0.39, 0.29) is 23.2 Å². The lowest BCUT2D eigenvalue weighted by Crippen LogP contribution is -2.36. The molecule has 2 amide bonds. The third-order valence-electron chi connectivity index (χ3n) is 4.20. The van der Waals surface area contributed by atoms with Gasteiger partial charge in [-0.3, -0.25) is 15.0 Å². The SMILES string of the molecule is CC(=N)C(=O)Nc1ccc(Cl)cc1C(=O)NC1Cc2ccccc2C1. The van der Waals surface area contributed by atoms with E-state index in [1.54, 1.807) is 12.1 Å². The number of nitrogens with one attached hydrogen (secondary N) is 3. The Kier molecular flexibility index (Phi) is 4.86. The molecule has 2 aromatic carbocycles. The molecule has 128 valence electrons. The van der Waals surface area contributed by atoms with Crippen LogP contribution in [0, 0.1) is 5.41 Å². The van der Waals surface area contributed by atoms with Gasteiger partial charge in [0.15, 0.2) is 0 Å². The summed E-state index contributed by atoms with van der Waals surface area (Å²) in [5, 5.41) is 13.4. The summed E-state index contributed by atoms with van der Waals surface area (Å²) in [4.78, 5) is 24.5. The Bertz CT molecular complexity index is 838. The van der Waals surface area contributed by atoms with E-state index in [9.17, 15) is 9.59 Å². The molecule has 3 N–H and O–H groups in total. The second kappa shape index (κ2) is 7.07. The molecule has 0 radical (unpaired) electrons. The topological polar surface area (TPSA) is 82.1 Å². The second-order valence-electron chi connectivity index (χ2n) is 6.12. The van der Waals surface area contributed by atoms with Gasteiger partial charge >= 0.3 is 0 Å². The number of anilines is 1. The van der Waals surface area contributed by atoms with Crippen LogP contribution < -0.4 is 10.6 Å². The van der Waals surface area contributed by atoms with Crippen molar-refractivity contribution < 1.29 is 9.59 Å². The minimum absolute atomic E-state index is 0.0110. The lowest BCUT2D eigenvalue weighted by Gasteiger charge is -2.15. The van der Waals surface area contributed by atoms with Crippen LogP contribution in [-0.2, 0) is 17.6 Å². The van der Waals surface area contributed by atoms with Crippen LogP contribution in [0.2, 0.25) is 5.02 Å². The van der Waals surface area contributed by atoms with Gasteiger partial charge in [0.05, 0.1) is 17.0 Å². The van der Waals surface area contributed by atoms with Gasteiger partial charge < -0.3 is 10.6 Å². The molecule has 0 spiro atoms. The van der Waals surface area contributed by atoms with Crippen molar-refractivity contribution in [3.05, 3.63) is 64.2 Å². The summed E-state index contributed by atoms with van der Waals surface area (Å²) in [6, 6.07) is 12.8. The maximum atomic E-state index is 12.7. The molecule has 0 aromatic heterocycles. The summed E-state index contributed by atoms with van der Waals surface area (Å²) < 4.78 is 0. The van der Waals surface area contributed by atoms with E-state index in [0.29, 0.717) is 10.7 Å². The van der Waals surface area contributed by atoms with Gasteiger partial charge in [-0.15, -0.1) is 0 Å². The van der Waals surface area contributed by atoms with Crippen LogP contribution in [0.1, 0.15) is 28.4 Å². The molecule has 0 fully saturated rings. The van der Waals surface area contributed by atoms with Gasteiger partial charge in [-0.2, -0.15) is 0 Å². The molecule has 6 heteroatoms. The first-order valence-electron chi connectivity index (χ1n) is 7.97. The number of rotatable bonds is 4. The minimum atomic E-state index is -0.551. The first-order valence-corrected chi connectivity index (χ1v) is 8.35. The van der Waals surface area contributed by atoms with Crippen molar-refractivity contribution in [1.82, 2.24) is 5.32 Å². The quantitative estimate of drug-likeness (QED) is 0.736. The number of hydrogen-bond acceptors (Lipinski definition) is 3. The monoisotopic (exact) mass is 355 g/mol. The Morgan fingerprint density at radius 3 is 2.36 bits per heavy atom. The third-order valence-corrected chi connectivity index (χ3v) is 4.44. The molecule has 0 heterocycles. The molecular formula is C19H18ClN3O2. The van der Waals surface area contributed by atoms with E-state index in [2.05, 4.69) is 22.8 Å². The molecular weight excluding hydrogens is 338 g/mol. The first-order chi connectivity index (χ1) is 11.9. The zero-order valence-corrected chi connectivity index (χ0v) is 14.5. The normalized spacial score (nSPS) is 13.2. The van der Waals surface area contributed by atoms with Gasteiger partial charge in [-0.1, -0.05) is 35.9 Å². The summed E-state index contributed by atoms with van der Waals surface area (Å²) >= 11 is 6.01. The van der Waals surface area contributed by atoms with Crippen LogP contribution in [0.5, 0.6) is 0 Å². The average Bonchev–Trinajstić information content (AvgIpc) is 2.98. The highest BCUT2D eigenvalue weighted by molar-refractivity contribution is 6.41. The Morgan fingerprint density at radius 2 is 1.76 bits per heavy atom. The predicted molar refractivity (Wildman–Crippen MR) is 98.6 cm³/mol. The Labute approximate surface area is 150 Å². The molecule has 0 bridgehead atoms. The summed E-state index contributed by atoms with van der Waals surface area (Å²) in [6.07, 6.45) is 1.56. The van der Waals surface area contributed by atoms with Crippen LogP contribution in [0.4, 0.5) is 5.69 Å². The number of halogens is 1. The largest absolute Gasteiger partial charge is 0.349 e. The Hall–Kier alpha value is -2.66. The fraction of sp³-hybridized carbons (Fsp3) is 0.211. The summed E-state index contributed by atoms with van der Waals surface area (Å²) in [6.45, 7) is 1.39. The molecule has 5 nitrogen and oxygen atoms in total. The smallest absolute Gasteiger partial charge is 0.269 e. The number of benzene rings is 2. The van der Waals surface area contributed by atoms with Crippen molar-refractivity contribution in [2.24, 2.45) is 0 Å². The third kappa shape index (κ3) is 3.88. The molecule has 0 saturated heterocycles. The predicted octanol–water partition coefficient (Wildman–Crippen LogP) is 3.22. The van der Waals surface area contributed by atoms with E-state index in [0.717, 1.165) is 12.8 Å². The Balaban J connectivity index is 1.77. The first kappa shape index (κ1) is 17.2. The highest BCUT2D eigenvalue weighted by Crippen LogP contribution is 2.24. The molecule has 2 aromatic rings. The second-order valence-corrected chi connectivity index (χ2v) is 6.55. The molecule has 0 aliphatic heterocycles. The van der Waals surface area contributed by atoms with Gasteiger partial charge in [0.1, 0.15) is 0 Å². The van der Waals surface area contributed by atoms with Crippen molar-refractivity contribution >= 4 is 34.8 Å². The number of carbonyl (C=O) groups excluding carboxylic acids is 2. The number of amides is 2. The van der Waals surface area contributed by atoms with E-state index in [1.807, 2.05) is 12.1 Å². The number of fused-ring (bicyclic) bond motifs is 1. The van der Waals surface area contributed by atoms with Crippen molar-refractivity contribution in [3.63, 3.8) is 0 Å². The van der Waals surface area contributed by atoms with Crippen molar-refractivity contribution in [1.29, 1.82) is 5.41 Å². The van der Waals surface area contributed by atoms with Gasteiger partial charge in [0.25, 0.3) is 11.8 Å². The molecule has 0 saturated carbocycles. The molecule has 0 atom stereocenters. The van der Waals surface area contributed by atoms with Crippen molar-refractivity contribution in [2.45, 2.75) is 25.8 Å². The maximum absolute atomic E-state index is 12.7. The number of carbonyl (C=O) groups is 2. The number of hydrogen-bond donors (Lipinski definition) is 3. The van der Waals surface area contributed by atoms with E-state index >= 15 is 0 Å². The molecule has 25 heavy (non-hydrogen) atoms. The zero-order valence-electron chi connectivity index (χ0n) is 13.7. The highest BCUT2D eigenvalue weighted by atomic mass is 35.5. The highest BCUT2D eigenvalue weighted by Gasteiger charge is 2.24. The van der Waals surface area contributed by atoms with Gasteiger partial charge in [0.2, 0.25) is 0 Å². The average molecular weight is 356 g/mol. The van der Waals surface area contributed by atoms with Gasteiger partial charge in [0, 0.05) is 11.1 Å². The molecule has 1 aliphatic rings. The summed E-state index contributed by atoms with van der Waals surface area (Å²) in [7, 11) is 0. The lowest BCUT2D eigenvalue weighted by molar-refractivity contribution is -0.110. The molecule has 1 aliphatic carbocycles. The van der Waals surface area contributed by atoms with Crippen molar-refractivity contribution in [3.8, 4) is 0 Å². The van der Waals surface area contributed by atoms with Gasteiger partial charge in [-0.25, -0.2) is 0 Å². The van der Waals surface area contributed by atoms with Crippen LogP contribution >= 0.6 is 11.6 Å².